The van der Waals surface area contributed by atoms with Gasteiger partial charge in [0, 0.05) is 31.6 Å². The van der Waals surface area contributed by atoms with E-state index in [1.807, 2.05) is 11.8 Å². The summed E-state index contributed by atoms with van der Waals surface area (Å²) in [5.74, 6) is 0.478. The van der Waals surface area contributed by atoms with E-state index in [0.29, 0.717) is 6.54 Å². The van der Waals surface area contributed by atoms with E-state index in [1.165, 1.54) is 0 Å². The maximum Gasteiger partial charge on any atom is 0.236 e. The van der Waals surface area contributed by atoms with Crippen molar-refractivity contribution in [3.63, 3.8) is 0 Å². The van der Waals surface area contributed by atoms with Crippen molar-refractivity contribution in [3.8, 4) is 0 Å². The minimum Gasteiger partial charge on any atom is -0.368 e. The van der Waals surface area contributed by atoms with Gasteiger partial charge in [0.25, 0.3) is 0 Å². The number of likely N-dealkylation sites (N-methyl/N-ethyl adjacent to an activating group) is 1. The number of rotatable bonds is 4. The molecule has 0 aliphatic carbocycles. The largest absolute Gasteiger partial charge is 0.368 e. The maximum absolute atomic E-state index is 11.0. The summed E-state index contributed by atoms with van der Waals surface area (Å²) < 4.78 is 0. The van der Waals surface area contributed by atoms with Crippen molar-refractivity contribution in [2.75, 3.05) is 24.5 Å². The second-order valence-electron chi connectivity index (χ2n) is 4.03. The molecule has 0 saturated carbocycles. The maximum atomic E-state index is 11.0. The van der Waals surface area contributed by atoms with E-state index in [9.17, 15) is 4.79 Å². The second-order valence-corrected chi connectivity index (χ2v) is 4.03. The van der Waals surface area contributed by atoms with E-state index in [4.69, 9.17) is 5.73 Å². The first-order valence-electron chi connectivity index (χ1n) is 5.79. The van der Waals surface area contributed by atoms with Crippen molar-refractivity contribution in [2.24, 2.45) is 5.73 Å². The molecule has 0 spiro atoms. The lowest BCUT2D eigenvalue weighted by molar-refractivity contribution is -0.116. The highest BCUT2D eigenvalue weighted by atomic mass is 16.1. The summed E-state index contributed by atoms with van der Waals surface area (Å²) in [6, 6.07) is 0. The molecule has 1 aliphatic heterocycles. The van der Waals surface area contributed by atoms with Crippen molar-refractivity contribution in [2.45, 2.75) is 19.9 Å². The Morgan fingerprint density at radius 2 is 2.41 bits per heavy atom. The number of nitrogens with zero attached hydrogens (tertiary/aromatic N) is 3. The van der Waals surface area contributed by atoms with Crippen LogP contribution in [0.25, 0.3) is 0 Å². The third-order valence-corrected chi connectivity index (χ3v) is 2.88. The van der Waals surface area contributed by atoms with Crippen LogP contribution in [0.4, 0.5) is 5.82 Å². The van der Waals surface area contributed by atoms with Crippen molar-refractivity contribution < 1.29 is 4.79 Å². The molecule has 1 aromatic heterocycles. The molecule has 0 saturated heterocycles. The van der Waals surface area contributed by atoms with Gasteiger partial charge < -0.3 is 16.0 Å². The summed E-state index contributed by atoms with van der Waals surface area (Å²) in [5.41, 5.74) is 7.39. The summed E-state index contributed by atoms with van der Waals surface area (Å²) >= 11 is 0. The van der Waals surface area contributed by atoms with Gasteiger partial charge in [-0.1, -0.05) is 0 Å². The zero-order valence-electron chi connectivity index (χ0n) is 9.94. The monoisotopic (exact) mass is 235 g/mol. The van der Waals surface area contributed by atoms with Crippen LogP contribution in [0.15, 0.2) is 6.33 Å². The number of anilines is 1. The standard InChI is InChI=1S/C11H17N5O/c1-2-16(6-10(12)17)11-8-5-13-4-3-9(8)14-7-15-11/h7,13H,2-6H2,1H3,(H2,12,17). The van der Waals surface area contributed by atoms with Crippen LogP contribution in [-0.4, -0.2) is 35.5 Å². The van der Waals surface area contributed by atoms with E-state index in [1.54, 1.807) is 6.33 Å². The van der Waals surface area contributed by atoms with E-state index in [0.717, 1.165) is 36.6 Å². The molecule has 3 N–H and O–H groups in total. The third kappa shape index (κ3) is 2.52. The van der Waals surface area contributed by atoms with Gasteiger partial charge in [-0.15, -0.1) is 0 Å². The lowest BCUT2D eigenvalue weighted by Gasteiger charge is -2.26. The molecule has 0 aromatic carbocycles. The predicted octanol–water partition coefficient (Wildman–Crippen LogP) is -0.566. The number of carbonyl (C=O) groups is 1. The lowest BCUT2D eigenvalue weighted by Crippen LogP contribution is -2.36. The van der Waals surface area contributed by atoms with E-state index >= 15 is 0 Å². The Balaban J connectivity index is 2.32. The Labute approximate surface area is 100 Å². The number of nitrogens with two attached hydrogens (primary N) is 1. The molecule has 0 fully saturated rings. The summed E-state index contributed by atoms with van der Waals surface area (Å²) in [6.45, 7) is 4.56. The fourth-order valence-electron chi connectivity index (χ4n) is 2.05. The fraction of sp³-hybridized carbons (Fsp3) is 0.545. The zero-order valence-corrected chi connectivity index (χ0v) is 9.94. The number of aromatic nitrogens is 2. The van der Waals surface area contributed by atoms with Crippen LogP contribution >= 0.6 is 0 Å². The van der Waals surface area contributed by atoms with E-state index in [2.05, 4.69) is 15.3 Å². The first-order chi connectivity index (χ1) is 8.22. The molecule has 0 unspecified atom stereocenters. The van der Waals surface area contributed by atoms with Crippen molar-refractivity contribution in [1.82, 2.24) is 15.3 Å². The van der Waals surface area contributed by atoms with Crippen LogP contribution in [-0.2, 0) is 17.8 Å². The molecule has 1 aliphatic rings. The summed E-state index contributed by atoms with van der Waals surface area (Å²) in [5, 5.41) is 3.29. The first-order valence-corrected chi connectivity index (χ1v) is 5.79. The molecule has 1 aromatic rings. The number of fused-ring (bicyclic) bond motifs is 1. The zero-order chi connectivity index (χ0) is 12.3. The molecule has 92 valence electrons. The highest BCUT2D eigenvalue weighted by molar-refractivity contribution is 5.79. The molecular formula is C11H17N5O. The van der Waals surface area contributed by atoms with Gasteiger partial charge in [0.2, 0.25) is 5.91 Å². The van der Waals surface area contributed by atoms with Crippen molar-refractivity contribution in [3.05, 3.63) is 17.6 Å². The van der Waals surface area contributed by atoms with Crippen LogP contribution in [0.3, 0.4) is 0 Å². The van der Waals surface area contributed by atoms with Gasteiger partial charge in [0.15, 0.2) is 0 Å². The lowest BCUT2D eigenvalue weighted by atomic mass is 10.1. The van der Waals surface area contributed by atoms with Gasteiger partial charge in [-0.2, -0.15) is 0 Å². The number of hydrogen-bond acceptors (Lipinski definition) is 5. The van der Waals surface area contributed by atoms with Crippen LogP contribution in [0.5, 0.6) is 0 Å². The minimum atomic E-state index is -0.344. The van der Waals surface area contributed by atoms with Gasteiger partial charge in [0.1, 0.15) is 12.1 Å². The molecule has 2 heterocycles. The highest BCUT2D eigenvalue weighted by Crippen LogP contribution is 2.21. The van der Waals surface area contributed by atoms with Crippen molar-refractivity contribution >= 4 is 11.7 Å². The van der Waals surface area contributed by atoms with Gasteiger partial charge in [-0.05, 0) is 6.92 Å². The molecule has 17 heavy (non-hydrogen) atoms. The SMILES string of the molecule is CCN(CC(N)=O)c1ncnc2c1CNCC2. The molecule has 1 amide bonds. The average molecular weight is 235 g/mol. The molecule has 2 rings (SSSR count). The van der Waals surface area contributed by atoms with E-state index in [-0.39, 0.29) is 12.5 Å². The van der Waals surface area contributed by atoms with Crippen LogP contribution < -0.4 is 16.0 Å². The van der Waals surface area contributed by atoms with Crippen LogP contribution in [0, 0.1) is 0 Å². The van der Waals surface area contributed by atoms with Crippen LogP contribution in [0.1, 0.15) is 18.2 Å². The second kappa shape index (κ2) is 5.09. The normalized spacial score (nSPS) is 14.2. The Morgan fingerprint density at radius 3 is 3.12 bits per heavy atom. The number of amides is 1. The van der Waals surface area contributed by atoms with Crippen molar-refractivity contribution in [1.29, 1.82) is 0 Å². The Bertz CT molecular complexity index is 420. The molecule has 0 atom stereocenters. The topological polar surface area (TPSA) is 84.1 Å². The summed E-state index contributed by atoms with van der Waals surface area (Å²) in [4.78, 5) is 21.5. The number of hydrogen-bond donors (Lipinski definition) is 2. The Kier molecular flexibility index (Phi) is 3.53. The first kappa shape index (κ1) is 11.8. The predicted molar refractivity (Wildman–Crippen MR) is 64.5 cm³/mol. The molecule has 0 bridgehead atoms. The quantitative estimate of drug-likeness (QED) is 0.730. The summed E-state index contributed by atoms with van der Waals surface area (Å²) in [6.07, 6.45) is 2.46. The number of nitrogens with one attached hydrogen (secondary N) is 1. The van der Waals surface area contributed by atoms with Gasteiger partial charge >= 0.3 is 0 Å². The van der Waals surface area contributed by atoms with E-state index < -0.39 is 0 Å². The minimum absolute atomic E-state index is 0.194. The molecule has 6 nitrogen and oxygen atoms in total. The smallest absolute Gasteiger partial charge is 0.236 e. The Hall–Kier alpha value is -1.69. The summed E-state index contributed by atoms with van der Waals surface area (Å²) in [7, 11) is 0. The number of carbonyl (C=O) groups excluding carboxylic acids is 1. The molecular weight excluding hydrogens is 218 g/mol. The number of primary amides is 1. The van der Waals surface area contributed by atoms with Gasteiger partial charge in [-0.25, -0.2) is 9.97 Å². The van der Waals surface area contributed by atoms with Gasteiger partial charge in [0.05, 0.1) is 12.2 Å². The van der Waals surface area contributed by atoms with Gasteiger partial charge in [-0.3, -0.25) is 4.79 Å². The highest BCUT2D eigenvalue weighted by Gasteiger charge is 2.19. The Morgan fingerprint density at radius 1 is 1.59 bits per heavy atom. The third-order valence-electron chi connectivity index (χ3n) is 2.88. The van der Waals surface area contributed by atoms with Crippen LogP contribution in [0.2, 0.25) is 0 Å². The molecule has 6 heteroatoms. The fourth-order valence-corrected chi connectivity index (χ4v) is 2.05. The molecule has 0 radical (unpaired) electrons. The average Bonchev–Trinajstić information content (AvgIpc) is 2.35.